The fourth-order valence-electron chi connectivity index (χ4n) is 5.10. The van der Waals surface area contributed by atoms with Gasteiger partial charge in [-0.15, -0.1) is 0 Å². The monoisotopic (exact) mass is 519 g/mol. The second kappa shape index (κ2) is 10.6. The van der Waals surface area contributed by atoms with Crippen LogP contribution in [0.3, 0.4) is 0 Å². The number of ether oxygens (including phenoxy) is 2. The highest BCUT2D eigenvalue weighted by Gasteiger charge is 2.30. The van der Waals surface area contributed by atoms with E-state index in [0.717, 1.165) is 30.3 Å². The number of amides is 1. The van der Waals surface area contributed by atoms with Gasteiger partial charge in [0.25, 0.3) is 5.91 Å². The van der Waals surface area contributed by atoms with E-state index in [1.165, 1.54) is 20.3 Å². The van der Waals surface area contributed by atoms with Crippen LogP contribution in [-0.2, 0) is 4.79 Å². The lowest BCUT2D eigenvalue weighted by Crippen LogP contribution is -2.33. The number of benzene rings is 2. The average molecular weight is 520 g/mol. The molecule has 1 amide bonds. The van der Waals surface area contributed by atoms with E-state index in [9.17, 15) is 19.8 Å². The number of aromatic nitrogens is 2. The number of imidazole rings is 1. The van der Waals surface area contributed by atoms with Crippen molar-refractivity contribution in [2.45, 2.75) is 43.9 Å². The lowest BCUT2D eigenvalue weighted by atomic mass is 9.92. The number of methoxy groups -OCH3 is 2. The number of carboxylic acids is 1. The van der Waals surface area contributed by atoms with Gasteiger partial charge in [-0.25, -0.2) is 9.78 Å². The molecule has 10 nitrogen and oxygen atoms in total. The molecule has 198 valence electrons. The Morgan fingerprint density at radius 2 is 1.87 bits per heavy atom. The Morgan fingerprint density at radius 1 is 1.08 bits per heavy atom. The first-order valence-electron chi connectivity index (χ1n) is 12.4. The van der Waals surface area contributed by atoms with Crippen molar-refractivity contribution in [2.75, 3.05) is 14.2 Å². The molecule has 0 aliphatic heterocycles. The maximum atomic E-state index is 13.2. The minimum absolute atomic E-state index is 0.153. The number of hydrogen-bond acceptors (Lipinski definition) is 7. The number of carbonyl (C=O) groups excluding carboxylic acids is 1. The molecular weight excluding hydrogens is 490 g/mol. The average Bonchev–Trinajstić information content (AvgIpc) is 3.59. The number of nitrogens with one attached hydrogen (secondary N) is 1. The summed E-state index contributed by atoms with van der Waals surface area (Å²) in [5.41, 5.74) is 2.70. The van der Waals surface area contributed by atoms with E-state index in [4.69, 9.17) is 18.9 Å². The van der Waals surface area contributed by atoms with Gasteiger partial charge in [0.05, 0.1) is 49.2 Å². The maximum absolute atomic E-state index is 13.2. The number of furan rings is 1. The van der Waals surface area contributed by atoms with Crippen LogP contribution in [0.4, 0.5) is 0 Å². The lowest BCUT2D eigenvalue weighted by Gasteiger charge is -2.30. The predicted octanol–water partition coefficient (Wildman–Crippen LogP) is 4.35. The van der Waals surface area contributed by atoms with Crippen molar-refractivity contribution in [3.63, 3.8) is 0 Å². The molecule has 1 unspecified atom stereocenters. The number of nitrogens with zero attached hydrogens (tertiary/aromatic N) is 2. The van der Waals surface area contributed by atoms with Gasteiger partial charge in [-0.2, -0.15) is 0 Å². The largest absolute Gasteiger partial charge is 0.493 e. The van der Waals surface area contributed by atoms with Crippen LogP contribution in [0.15, 0.2) is 59.4 Å². The number of hydrogen-bond donors (Lipinski definition) is 3. The summed E-state index contributed by atoms with van der Waals surface area (Å²) >= 11 is 0. The summed E-state index contributed by atoms with van der Waals surface area (Å²) in [5, 5.41) is 23.2. The Labute approximate surface area is 218 Å². The van der Waals surface area contributed by atoms with E-state index in [-0.39, 0.29) is 11.6 Å². The standard InChI is InChI=1S/C28H29N3O7/c1-36-23-10-8-16(14-24(23)37-2)25(28(34)35)30-27(33)17-7-9-20-19(13-17)29-26(18-11-12-38-15-18)31(20)21-5-3-4-6-22(21)32/h7-15,21-22,25,32H,3-6H2,1-2H3,(H,30,33)(H,34,35)/t21-,22-,25?/m1/s1. The van der Waals surface area contributed by atoms with Crippen molar-refractivity contribution in [2.24, 2.45) is 0 Å². The van der Waals surface area contributed by atoms with Gasteiger partial charge in [-0.05, 0) is 54.8 Å². The van der Waals surface area contributed by atoms with Crippen molar-refractivity contribution in [3.05, 3.63) is 66.1 Å². The van der Waals surface area contributed by atoms with Crippen molar-refractivity contribution in [3.8, 4) is 22.9 Å². The van der Waals surface area contributed by atoms with E-state index in [1.54, 1.807) is 48.9 Å². The number of carboxylic acid groups (broad SMARTS) is 1. The van der Waals surface area contributed by atoms with Crippen LogP contribution in [0, 0.1) is 0 Å². The predicted molar refractivity (Wildman–Crippen MR) is 138 cm³/mol. The van der Waals surface area contributed by atoms with Crippen LogP contribution in [0.1, 0.15) is 53.7 Å². The second-order valence-corrected chi connectivity index (χ2v) is 9.30. The van der Waals surface area contributed by atoms with Crippen LogP contribution in [0.5, 0.6) is 11.5 Å². The number of aliphatic hydroxyl groups is 1. The highest BCUT2D eigenvalue weighted by molar-refractivity contribution is 5.99. The third kappa shape index (κ3) is 4.70. The topological polar surface area (TPSA) is 136 Å². The molecule has 2 aromatic heterocycles. The van der Waals surface area contributed by atoms with Crippen LogP contribution in [-0.4, -0.2) is 52.0 Å². The Balaban J connectivity index is 1.49. The van der Waals surface area contributed by atoms with Gasteiger partial charge in [0.2, 0.25) is 0 Å². The van der Waals surface area contributed by atoms with Gasteiger partial charge in [-0.1, -0.05) is 18.9 Å². The molecule has 1 aliphatic carbocycles. The van der Waals surface area contributed by atoms with Gasteiger partial charge in [-0.3, -0.25) is 4.79 Å². The Morgan fingerprint density at radius 3 is 2.55 bits per heavy atom. The van der Waals surface area contributed by atoms with Crippen LogP contribution < -0.4 is 14.8 Å². The first-order chi connectivity index (χ1) is 18.4. The van der Waals surface area contributed by atoms with E-state index in [2.05, 4.69) is 5.32 Å². The van der Waals surface area contributed by atoms with Gasteiger partial charge in [0.15, 0.2) is 17.5 Å². The minimum Gasteiger partial charge on any atom is -0.493 e. The van der Waals surface area contributed by atoms with Gasteiger partial charge in [0, 0.05) is 5.56 Å². The van der Waals surface area contributed by atoms with E-state index < -0.39 is 24.0 Å². The normalized spacial score (nSPS) is 18.2. The first-order valence-corrected chi connectivity index (χ1v) is 12.4. The Hall–Kier alpha value is -4.31. The third-order valence-corrected chi connectivity index (χ3v) is 7.02. The number of rotatable bonds is 8. The van der Waals surface area contributed by atoms with Gasteiger partial charge in [0.1, 0.15) is 12.1 Å². The molecule has 0 saturated heterocycles. The number of carbonyl (C=O) groups is 2. The molecule has 3 N–H and O–H groups in total. The summed E-state index contributed by atoms with van der Waals surface area (Å²) in [6, 6.07) is 10.1. The number of aliphatic hydroxyl groups excluding tert-OH is 1. The summed E-state index contributed by atoms with van der Waals surface area (Å²) < 4.78 is 17.8. The van der Waals surface area contributed by atoms with Gasteiger partial charge < -0.3 is 34.0 Å². The molecule has 38 heavy (non-hydrogen) atoms. The zero-order valence-electron chi connectivity index (χ0n) is 21.1. The van der Waals surface area contributed by atoms with E-state index in [1.807, 2.05) is 4.57 Å². The first kappa shape index (κ1) is 25.3. The maximum Gasteiger partial charge on any atom is 0.330 e. The van der Waals surface area contributed by atoms with E-state index >= 15 is 0 Å². The zero-order valence-corrected chi connectivity index (χ0v) is 21.1. The molecule has 0 spiro atoms. The fraction of sp³-hybridized carbons (Fsp3) is 0.321. The summed E-state index contributed by atoms with van der Waals surface area (Å²) in [6.45, 7) is 0. The van der Waals surface area contributed by atoms with Crippen molar-refractivity contribution in [1.82, 2.24) is 14.9 Å². The molecular formula is C28H29N3O7. The molecule has 2 heterocycles. The summed E-state index contributed by atoms with van der Waals surface area (Å²) in [6.07, 6.45) is 6.15. The summed E-state index contributed by atoms with van der Waals surface area (Å²) in [5.74, 6) is -0.333. The molecule has 3 atom stereocenters. The highest BCUT2D eigenvalue weighted by Crippen LogP contribution is 2.37. The minimum atomic E-state index is -1.31. The Bertz CT molecular complexity index is 1460. The van der Waals surface area contributed by atoms with E-state index in [0.29, 0.717) is 34.8 Å². The van der Waals surface area contributed by atoms with Crippen molar-refractivity contribution >= 4 is 22.9 Å². The Kier molecular flexibility index (Phi) is 7.06. The second-order valence-electron chi connectivity index (χ2n) is 9.30. The van der Waals surface area contributed by atoms with Crippen molar-refractivity contribution < 1.29 is 33.7 Å². The fourth-order valence-corrected chi connectivity index (χ4v) is 5.10. The molecule has 1 saturated carbocycles. The molecule has 5 rings (SSSR count). The molecule has 0 radical (unpaired) electrons. The molecule has 10 heteroatoms. The summed E-state index contributed by atoms with van der Waals surface area (Å²) in [7, 11) is 2.94. The van der Waals surface area contributed by atoms with Gasteiger partial charge >= 0.3 is 5.97 Å². The zero-order chi connectivity index (χ0) is 26.8. The number of aliphatic carboxylic acids is 1. The smallest absolute Gasteiger partial charge is 0.330 e. The molecule has 0 bridgehead atoms. The van der Waals surface area contributed by atoms with Crippen LogP contribution in [0.25, 0.3) is 22.4 Å². The van der Waals surface area contributed by atoms with Crippen molar-refractivity contribution in [1.29, 1.82) is 0 Å². The highest BCUT2D eigenvalue weighted by atomic mass is 16.5. The van der Waals surface area contributed by atoms with Crippen LogP contribution in [0.2, 0.25) is 0 Å². The summed E-state index contributed by atoms with van der Waals surface area (Å²) in [4.78, 5) is 30.1. The molecule has 1 fully saturated rings. The number of fused-ring (bicyclic) bond motifs is 1. The quantitative estimate of drug-likeness (QED) is 0.313. The molecule has 4 aromatic rings. The van der Waals surface area contributed by atoms with Crippen LogP contribution >= 0.6 is 0 Å². The SMILES string of the molecule is COc1ccc(C(NC(=O)c2ccc3c(c2)nc(-c2ccoc2)n3[C@@H]2CCCC[C@H]2O)C(=O)O)cc1OC. The lowest BCUT2D eigenvalue weighted by molar-refractivity contribution is -0.139. The molecule has 2 aromatic carbocycles. The molecule has 1 aliphatic rings. The third-order valence-electron chi connectivity index (χ3n) is 7.02.